The minimum absolute atomic E-state index is 0.0163. The number of hydrogen-bond donors (Lipinski definition) is 3. The van der Waals surface area contributed by atoms with E-state index in [1.165, 1.54) is 0 Å². The summed E-state index contributed by atoms with van der Waals surface area (Å²) in [5.74, 6) is -0.0163. The Labute approximate surface area is 84.1 Å². The van der Waals surface area contributed by atoms with Gasteiger partial charge in [-0.2, -0.15) is 0 Å². The molecule has 14 heavy (non-hydrogen) atoms. The van der Waals surface area contributed by atoms with E-state index in [1.54, 1.807) is 6.20 Å². The third-order valence-corrected chi connectivity index (χ3v) is 1.57. The van der Waals surface area contributed by atoms with Gasteiger partial charge in [-0.05, 0) is 32.9 Å². The number of rotatable bonds is 2. The Balaban J connectivity index is 3.02. The zero-order valence-electron chi connectivity index (χ0n) is 8.76. The molecule has 0 saturated heterocycles. The molecule has 76 valence electrons. The fraction of sp³-hybridized carbons (Fsp3) is 0.400. The van der Waals surface area contributed by atoms with E-state index in [1.807, 2.05) is 32.9 Å². The molecular formula is C10H16N4. The first-order valence-electron chi connectivity index (χ1n) is 4.48. The highest BCUT2D eigenvalue weighted by Crippen LogP contribution is 2.16. The fourth-order valence-corrected chi connectivity index (χ4v) is 1.12. The van der Waals surface area contributed by atoms with Gasteiger partial charge in [0.05, 0.1) is 5.69 Å². The van der Waals surface area contributed by atoms with Crippen molar-refractivity contribution in [3.8, 4) is 0 Å². The first-order chi connectivity index (χ1) is 6.40. The normalized spacial score (nSPS) is 11.1. The molecule has 1 heterocycles. The summed E-state index contributed by atoms with van der Waals surface area (Å²) in [4.78, 5) is 4.05. The summed E-state index contributed by atoms with van der Waals surface area (Å²) >= 11 is 0. The summed E-state index contributed by atoms with van der Waals surface area (Å²) in [5.41, 5.74) is 6.65. The van der Waals surface area contributed by atoms with E-state index in [-0.39, 0.29) is 11.4 Å². The summed E-state index contributed by atoms with van der Waals surface area (Å²) in [6, 6.07) is 3.69. The van der Waals surface area contributed by atoms with Crippen LogP contribution in [0.5, 0.6) is 0 Å². The van der Waals surface area contributed by atoms with Crippen molar-refractivity contribution in [3.63, 3.8) is 0 Å². The average Bonchev–Trinajstić information content (AvgIpc) is 2.01. The van der Waals surface area contributed by atoms with E-state index in [0.29, 0.717) is 5.69 Å². The minimum Gasteiger partial charge on any atom is -0.382 e. The first-order valence-corrected chi connectivity index (χ1v) is 4.48. The van der Waals surface area contributed by atoms with Crippen LogP contribution in [0.25, 0.3) is 0 Å². The third-order valence-electron chi connectivity index (χ3n) is 1.57. The summed E-state index contributed by atoms with van der Waals surface area (Å²) in [5, 5.41) is 10.6. The Kier molecular flexibility index (Phi) is 2.74. The lowest BCUT2D eigenvalue weighted by molar-refractivity contribution is 0.633. The van der Waals surface area contributed by atoms with Crippen LogP contribution in [0.2, 0.25) is 0 Å². The van der Waals surface area contributed by atoms with Crippen molar-refractivity contribution in [1.29, 1.82) is 5.41 Å². The lowest BCUT2D eigenvalue weighted by atomic mass is 10.1. The van der Waals surface area contributed by atoms with Crippen LogP contribution >= 0.6 is 0 Å². The molecule has 4 nitrogen and oxygen atoms in total. The number of nitrogens with two attached hydrogens (primary N) is 1. The SMILES string of the molecule is CC(C)(C)Nc1cccnc1C(=N)N. The van der Waals surface area contributed by atoms with Crippen LogP contribution in [0.1, 0.15) is 26.5 Å². The summed E-state index contributed by atoms with van der Waals surface area (Å²) in [7, 11) is 0. The number of pyridine rings is 1. The topological polar surface area (TPSA) is 74.8 Å². The van der Waals surface area contributed by atoms with Crippen molar-refractivity contribution in [2.75, 3.05) is 5.32 Å². The molecule has 0 radical (unpaired) electrons. The van der Waals surface area contributed by atoms with Crippen molar-refractivity contribution in [1.82, 2.24) is 4.98 Å². The van der Waals surface area contributed by atoms with Gasteiger partial charge >= 0.3 is 0 Å². The minimum atomic E-state index is -0.0623. The molecule has 0 bridgehead atoms. The number of nitrogen functional groups attached to an aromatic ring is 1. The molecule has 0 atom stereocenters. The summed E-state index contributed by atoms with van der Waals surface area (Å²) < 4.78 is 0. The van der Waals surface area contributed by atoms with Crippen LogP contribution in [0, 0.1) is 5.41 Å². The smallest absolute Gasteiger partial charge is 0.143 e. The lowest BCUT2D eigenvalue weighted by Gasteiger charge is -2.23. The zero-order valence-corrected chi connectivity index (χ0v) is 8.76. The molecule has 0 aliphatic carbocycles. The van der Waals surface area contributed by atoms with Crippen molar-refractivity contribution < 1.29 is 0 Å². The molecule has 0 amide bonds. The summed E-state index contributed by atoms with van der Waals surface area (Å²) in [6.07, 6.45) is 1.63. The van der Waals surface area contributed by atoms with Gasteiger partial charge < -0.3 is 11.1 Å². The van der Waals surface area contributed by atoms with Gasteiger partial charge in [0.15, 0.2) is 0 Å². The van der Waals surface area contributed by atoms with Gasteiger partial charge in [0.25, 0.3) is 0 Å². The lowest BCUT2D eigenvalue weighted by Crippen LogP contribution is -2.28. The van der Waals surface area contributed by atoms with Crippen LogP contribution in [0.3, 0.4) is 0 Å². The highest BCUT2D eigenvalue weighted by atomic mass is 15.0. The van der Waals surface area contributed by atoms with Gasteiger partial charge in [0, 0.05) is 11.7 Å². The van der Waals surface area contributed by atoms with Crippen LogP contribution in [-0.4, -0.2) is 16.4 Å². The van der Waals surface area contributed by atoms with Crippen LogP contribution in [-0.2, 0) is 0 Å². The molecule has 1 aromatic heterocycles. The molecule has 0 saturated carbocycles. The average molecular weight is 192 g/mol. The van der Waals surface area contributed by atoms with E-state index < -0.39 is 0 Å². The van der Waals surface area contributed by atoms with E-state index in [2.05, 4.69) is 10.3 Å². The molecule has 0 spiro atoms. The molecule has 0 aromatic carbocycles. The Hall–Kier alpha value is -1.58. The van der Waals surface area contributed by atoms with Crippen LogP contribution in [0.4, 0.5) is 5.69 Å². The molecule has 1 rings (SSSR count). The maximum Gasteiger partial charge on any atom is 0.143 e. The number of amidine groups is 1. The highest BCUT2D eigenvalue weighted by Gasteiger charge is 2.13. The second-order valence-corrected chi connectivity index (χ2v) is 4.19. The van der Waals surface area contributed by atoms with Crippen LogP contribution < -0.4 is 11.1 Å². The maximum absolute atomic E-state index is 7.36. The third kappa shape index (κ3) is 2.73. The maximum atomic E-state index is 7.36. The van der Waals surface area contributed by atoms with Gasteiger partial charge in [0.1, 0.15) is 11.5 Å². The molecule has 0 aliphatic rings. The van der Waals surface area contributed by atoms with Crippen molar-refractivity contribution in [2.45, 2.75) is 26.3 Å². The van der Waals surface area contributed by atoms with Gasteiger partial charge in [-0.3, -0.25) is 10.4 Å². The number of nitrogens with zero attached hydrogens (tertiary/aromatic N) is 1. The monoisotopic (exact) mass is 192 g/mol. The number of aromatic nitrogens is 1. The fourth-order valence-electron chi connectivity index (χ4n) is 1.12. The largest absolute Gasteiger partial charge is 0.382 e. The van der Waals surface area contributed by atoms with E-state index >= 15 is 0 Å². The second-order valence-electron chi connectivity index (χ2n) is 4.19. The number of hydrogen-bond acceptors (Lipinski definition) is 3. The summed E-state index contributed by atoms with van der Waals surface area (Å²) in [6.45, 7) is 6.14. The van der Waals surface area contributed by atoms with E-state index in [9.17, 15) is 0 Å². The molecule has 0 fully saturated rings. The molecule has 1 aromatic rings. The Morgan fingerprint density at radius 2 is 2.14 bits per heavy atom. The van der Waals surface area contributed by atoms with Gasteiger partial charge in [0.2, 0.25) is 0 Å². The highest BCUT2D eigenvalue weighted by molar-refractivity contribution is 5.98. The quantitative estimate of drug-likeness (QED) is 0.492. The van der Waals surface area contributed by atoms with Crippen molar-refractivity contribution in [2.24, 2.45) is 5.73 Å². The first kappa shape index (κ1) is 10.5. The van der Waals surface area contributed by atoms with Gasteiger partial charge in [-0.1, -0.05) is 0 Å². The van der Waals surface area contributed by atoms with Crippen molar-refractivity contribution in [3.05, 3.63) is 24.0 Å². The van der Waals surface area contributed by atoms with E-state index in [0.717, 1.165) is 5.69 Å². The predicted octanol–water partition coefficient (Wildman–Crippen LogP) is 1.58. The van der Waals surface area contributed by atoms with Crippen molar-refractivity contribution >= 4 is 11.5 Å². The molecule has 4 N–H and O–H groups in total. The molecule has 0 aliphatic heterocycles. The van der Waals surface area contributed by atoms with Crippen LogP contribution in [0.15, 0.2) is 18.3 Å². The van der Waals surface area contributed by atoms with E-state index in [4.69, 9.17) is 11.1 Å². The standard InChI is InChI=1S/C10H16N4/c1-10(2,3)14-7-5-4-6-13-8(7)9(11)12/h4-6,14H,1-3H3,(H3,11,12). The Morgan fingerprint density at radius 1 is 1.50 bits per heavy atom. The molecular weight excluding hydrogens is 176 g/mol. The predicted molar refractivity (Wildman–Crippen MR) is 58.6 cm³/mol. The molecule has 0 unspecified atom stereocenters. The Bertz CT molecular complexity index is 338. The second kappa shape index (κ2) is 3.65. The van der Waals surface area contributed by atoms with Gasteiger partial charge in [-0.15, -0.1) is 0 Å². The zero-order chi connectivity index (χ0) is 10.8. The number of anilines is 1. The molecule has 4 heteroatoms. The number of nitrogens with one attached hydrogen (secondary N) is 2. The van der Waals surface area contributed by atoms with Gasteiger partial charge in [-0.25, -0.2) is 0 Å². The Morgan fingerprint density at radius 3 is 2.64 bits per heavy atom.